The number of hydrogen-bond donors (Lipinski definition) is 1. The van der Waals surface area contributed by atoms with Crippen LogP contribution in [0.1, 0.15) is 30.8 Å². The van der Waals surface area contributed by atoms with E-state index in [4.69, 9.17) is 0 Å². The van der Waals surface area contributed by atoms with Crippen LogP contribution in [0.4, 0.5) is 0 Å². The lowest BCUT2D eigenvalue weighted by Crippen LogP contribution is -2.30. The molecule has 0 bridgehead atoms. The zero-order valence-electron chi connectivity index (χ0n) is 13.0. The third-order valence-electron chi connectivity index (χ3n) is 3.17. The Morgan fingerprint density at radius 2 is 2.23 bits per heavy atom. The van der Waals surface area contributed by atoms with E-state index < -0.39 is 0 Å². The molecule has 0 saturated carbocycles. The summed E-state index contributed by atoms with van der Waals surface area (Å²) in [5, 5.41) is 14.8. The van der Waals surface area contributed by atoms with E-state index in [0.29, 0.717) is 0 Å². The molecule has 0 saturated heterocycles. The van der Waals surface area contributed by atoms with Crippen LogP contribution in [0.15, 0.2) is 23.2 Å². The maximum atomic E-state index is 12.0. The number of amides is 1. The zero-order valence-corrected chi connectivity index (χ0v) is 13.9. The fraction of sp³-hybridized carbons (Fsp3) is 0.312. The third kappa shape index (κ3) is 3.26. The van der Waals surface area contributed by atoms with Crippen molar-refractivity contribution in [1.29, 1.82) is 5.26 Å². The molecule has 1 N–H and O–H groups in total. The van der Waals surface area contributed by atoms with Gasteiger partial charge in [0.15, 0.2) is 5.13 Å². The minimum atomic E-state index is -0.350. The van der Waals surface area contributed by atoms with E-state index >= 15 is 0 Å². The normalized spacial score (nSPS) is 11.5. The van der Waals surface area contributed by atoms with E-state index in [1.807, 2.05) is 49.8 Å². The van der Waals surface area contributed by atoms with E-state index in [2.05, 4.69) is 10.3 Å². The quantitative estimate of drug-likeness (QED) is 0.696. The first-order chi connectivity index (χ1) is 10.4. The summed E-state index contributed by atoms with van der Waals surface area (Å²) in [5.41, 5.74) is 2.93. The van der Waals surface area contributed by atoms with Gasteiger partial charge in [-0.1, -0.05) is 0 Å². The molecule has 5 nitrogen and oxygen atoms in total. The molecule has 114 valence electrons. The van der Waals surface area contributed by atoms with Crippen molar-refractivity contribution in [3.8, 4) is 11.2 Å². The Labute approximate surface area is 133 Å². The molecule has 2 aromatic heterocycles. The minimum absolute atomic E-state index is 0.00741. The molecule has 0 spiro atoms. The first kappa shape index (κ1) is 16.0. The van der Waals surface area contributed by atoms with E-state index in [1.54, 1.807) is 23.6 Å². The van der Waals surface area contributed by atoms with Crippen LogP contribution in [0, 0.1) is 25.2 Å². The van der Waals surface area contributed by atoms with E-state index in [-0.39, 0.29) is 17.5 Å². The summed E-state index contributed by atoms with van der Waals surface area (Å²) in [6.45, 7) is 7.66. The van der Waals surface area contributed by atoms with Gasteiger partial charge in [-0.25, -0.2) is 4.98 Å². The van der Waals surface area contributed by atoms with Gasteiger partial charge in [0.05, 0.1) is 0 Å². The Morgan fingerprint density at radius 3 is 2.77 bits per heavy atom. The minimum Gasteiger partial charge on any atom is -0.349 e. The summed E-state index contributed by atoms with van der Waals surface area (Å²) in [7, 11) is 0. The van der Waals surface area contributed by atoms with Gasteiger partial charge in [0.2, 0.25) is 0 Å². The summed E-state index contributed by atoms with van der Waals surface area (Å²) in [4.78, 5) is 16.3. The van der Waals surface area contributed by atoms with Gasteiger partial charge in [-0.2, -0.15) is 5.26 Å². The standard InChI is InChI=1S/C16H18N4OS/c1-10(2)19-15(21)14(9-17)8-13-7-11(3)20(12(13)4)16-18-5-6-22-16/h5-8,10H,1-4H3,(H,19,21)/b14-8+. The summed E-state index contributed by atoms with van der Waals surface area (Å²) >= 11 is 1.54. The van der Waals surface area contributed by atoms with Gasteiger partial charge in [0.25, 0.3) is 5.91 Å². The molecule has 0 fully saturated rings. The molecule has 2 aromatic rings. The molecule has 0 aliphatic rings. The Bertz CT molecular complexity index is 748. The second-order valence-corrected chi connectivity index (χ2v) is 6.15. The van der Waals surface area contributed by atoms with Crippen LogP contribution in [0.2, 0.25) is 0 Å². The maximum absolute atomic E-state index is 12.0. The van der Waals surface area contributed by atoms with Gasteiger partial charge in [0.1, 0.15) is 11.6 Å². The summed E-state index contributed by atoms with van der Waals surface area (Å²) in [6.07, 6.45) is 3.38. The van der Waals surface area contributed by atoms with Crippen LogP contribution in [-0.2, 0) is 4.79 Å². The predicted molar refractivity (Wildman–Crippen MR) is 87.8 cm³/mol. The zero-order chi connectivity index (χ0) is 16.3. The fourth-order valence-corrected chi connectivity index (χ4v) is 2.95. The smallest absolute Gasteiger partial charge is 0.262 e. The Balaban J connectivity index is 2.42. The Morgan fingerprint density at radius 1 is 1.50 bits per heavy atom. The molecule has 6 heteroatoms. The fourth-order valence-electron chi connectivity index (χ4n) is 2.20. The lowest BCUT2D eigenvalue weighted by molar-refractivity contribution is -0.117. The summed E-state index contributed by atoms with van der Waals surface area (Å²) in [5.74, 6) is -0.350. The van der Waals surface area contributed by atoms with Gasteiger partial charge < -0.3 is 5.32 Å². The highest BCUT2D eigenvalue weighted by Gasteiger charge is 2.14. The lowest BCUT2D eigenvalue weighted by Gasteiger charge is -2.07. The summed E-state index contributed by atoms with van der Waals surface area (Å²) in [6, 6.07) is 3.92. The molecule has 0 aliphatic carbocycles. The van der Waals surface area contributed by atoms with Gasteiger partial charge in [0, 0.05) is 29.0 Å². The number of aromatic nitrogens is 2. The number of nitrogens with zero attached hydrogens (tertiary/aromatic N) is 3. The number of nitrogens with one attached hydrogen (secondary N) is 1. The molecular formula is C16H18N4OS. The average molecular weight is 314 g/mol. The van der Waals surface area contributed by atoms with Crippen molar-refractivity contribution in [2.24, 2.45) is 0 Å². The van der Waals surface area contributed by atoms with E-state index in [0.717, 1.165) is 22.1 Å². The number of carbonyl (C=O) groups is 1. The van der Waals surface area contributed by atoms with Crippen molar-refractivity contribution >= 4 is 23.3 Å². The van der Waals surface area contributed by atoms with Crippen molar-refractivity contribution in [1.82, 2.24) is 14.9 Å². The topological polar surface area (TPSA) is 70.7 Å². The number of thiazole rings is 1. The second kappa shape index (κ2) is 6.58. The largest absolute Gasteiger partial charge is 0.349 e. The molecule has 1 amide bonds. The predicted octanol–water partition coefficient (Wildman–Crippen LogP) is 2.98. The number of aryl methyl sites for hydroxylation is 1. The third-order valence-corrected chi connectivity index (χ3v) is 3.92. The van der Waals surface area contributed by atoms with Gasteiger partial charge in [-0.3, -0.25) is 9.36 Å². The lowest BCUT2D eigenvalue weighted by atomic mass is 10.1. The van der Waals surface area contributed by atoms with Crippen LogP contribution in [0.3, 0.4) is 0 Å². The Hall–Kier alpha value is -2.39. The number of nitriles is 1. The van der Waals surface area contributed by atoms with Crippen molar-refractivity contribution in [2.45, 2.75) is 33.7 Å². The van der Waals surface area contributed by atoms with Crippen LogP contribution in [-0.4, -0.2) is 21.5 Å². The molecule has 0 unspecified atom stereocenters. The SMILES string of the molecule is Cc1cc(/C=C(\C#N)C(=O)NC(C)C)c(C)n1-c1nccs1. The van der Waals surface area contributed by atoms with Crippen molar-refractivity contribution < 1.29 is 4.79 Å². The van der Waals surface area contributed by atoms with Crippen molar-refractivity contribution in [3.05, 3.63) is 40.2 Å². The number of hydrogen-bond acceptors (Lipinski definition) is 4. The molecule has 0 aromatic carbocycles. The molecule has 0 aliphatic heterocycles. The highest BCUT2D eigenvalue weighted by Crippen LogP contribution is 2.23. The first-order valence-corrected chi connectivity index (χ1v) is 7.83. The molecule has 0 atom stereocenters. The first-order valence-electron chi connectivity index (χ1n) is 6.95. The maximum Gasteiger partial charge on any atom is 0.262 e. The second-order valence-electron chi connectivity index (χ2n) is 5.27. The van der Waals surface area contributed by atoms with Crippen molar-refractivity contribution in [3.63, 3.8) is 0 Å². The molecular weight excluding hydrogens is 296 g/mol. The van der Waals surface area contributed by atoms with Crippen LogP contribution >= 0.6 is 11.3 Å². The van der Waals surface area contributed by atoms with Gasteiger partial charge in [-0.05, 0) is 45.4 Å². The van der Waals surface area contributed by atoms with Gasteiger partial charge in [-0.15, -0.1) is 11.3 Å². The highest BCUT2D eigenvalue weighted by molar-refractivity contribution is 7.12. The van der Waals surface area contributed by atoms with E-state index in [1.165, 1.54) is 0 Å². The highest BCUT2D eigenvalue weighted by atomic mass is 32.1. The van der Waals surface area contributed by atoms with E-state index in [9.17, 15) is 10.1 Å². The summed E-state index contributed by atoms with van der Waals surface area (Å²) < 4.78 is 2.02. The van der Waals surface area contributed by atoms with Gasteiger partial charge >= 0.3 is 0 Å². The number of rotatable bonds is 4. The van der Waals surface area contributed by atoms with Crippen LogP contribution in [0.5, 0.6) is 0 Å². The average Bonchev–Trinajstić information content (AvgIpc) is 3.04. The van der Waals surface area contributed by atoms with Crippen LogP contribution < -0.4 is 5.32 Å². The Kier molecular flexibility index (Phi) is 4.78. The monoisotopic (exact) mass is 314 g/mol. The molecule has 0 radical (unpaired) electrons. The molecule has 22 heavy (non-hydrogen) atoms. The number of carbonyl (C=O) groups excluding carboxylic acids is 1. The van der Waals surface area contributed by atoms with Crippen molar-refractivity contribution in [2.75, 3.05) is 0 Å². The molecule has 2 heterocycles. The molecule has 2 rings (SSSR count). The van der Waals surface area contributed by atoms with Crippen LogP contribution in [0.25, 0.3) is 11.2 Å².